The highest BCUT2D eigenvalue weighted by Gasteiger charge is 2.33. The maximum Gasteiger partial charge on any atom is 0.259 e. The molecule has 0 aliphatic carbocycles. The van der Waals surface area contributed by atoms with E-state index in [4.69, 9.17) is 4.52 Å². The zero-order valence-electron chi connectivity index (χ0n) is 12.8. The quantitative estimate of drug-likeness (QED) is 0.924. The lowest BCUT2D eigenvalue weighted by atomic mass is 9.87. The van der Waals surface area contributed by atoms with Crippen molar-refractivity contribution in [3.8, 4) is 0 Å². The van der Waals surface area contributed by atoms with E-state index in [9.17, 15) is 9.90 Å². The summed E-state index contributed by atoms with van der Waals surface area (Å²) in [6.07, 6.45) is 0.195. The van der Waals surface area contributed by atoms with E-state index in [-0.39, 0.29) is 11.8 Å². The third kappa shape index (κ3) is 2.64. The standard InChI is InChI=1S/C17H20N2O3/c1-11-16(12(2)22-18-11)17(21)19-9-8-14(15(20)10-19)13-6-4-3-5-7-13/h3-7,14-15,20H,8-10H2,1-2H3/t14-,15-/m1/s1. The molecule has 1 amide bonds. The highest BCUT2D eigenvalue weighted by Crippen LogP contribution is 2.29. The maximum absolute atomic E-state index is 12.6. The largest absolute Gasteiger partial charge is 0.391 e. The van der Waals surface area contributed by atoms with Gasteiger partial charge in [-0.1, -0.05) is 35.5 Å². The summed E-state index contributed by atoms with van der Waals surface area (Å²) in [5, 5.41) is 14.3. The summed E-state index contributed by atoms with van der Waals surface area (Å²) in [5.41, 5.74) is 2.24. The lowest BCUT2D eigenvalue weighted by Gasteiger charge is -2.36. The highest BCUT2D eigenvalue weighted by atomic mass is 16.5. The van der Waals surface area contributed by atoms with E-state index in [0.29, 0.717) is 30.1 Å². The minimum atomic E-state index is -0.555. The van der Waals surface area contributed by atoms with Crippen LogP contribution < -0.4 is 0 Å². The molecule has 0 radical (unpaired) electrons. The van der Waals surface area contributed by atoms with Crippen molar-refractivity contribution < 1.29 is 14.4 Å². The van der Waals surface area contributed by atoms with Gasteiger partial charge in [0, 0.05) is 19.0 Å². The molecule has 5 heteroatoms. The van der Waals surface area contributed by atoms with Gasteiger partial charge in [-0.2, -0.15) is 0 Å². The van der Waals surface area contributed by atoms with Crippen LogP contribution in [0.25, 0.3) is 0 Å². The Morgan fingerprint density at radius 2 is 2.05 bits per heavy atom. The van der Waals surface area contributed by atoms with Gasteiger partial charge in [0.2, 0.25) is 0 Å². The summed E-state index contributed by atoms with van der Waals surface area (Å²) < 4.78 is 5.06. The number of hydrogen-bond acceptors (Lipinski definition) is 4. The molecule has 1 aromatic heterocycles. The van der Waals surface area contributed by atoms with E-state index < -0.39 is 6.10 Å². The number of aromatic nitrogens is 1. The van der Waals surface area contributed by atoms with Crippen LogP contribution in [0.4, 0.5) is 0 Å². The van der Waals surface area contributed by atoms with Crippen LogP contribution in [-0.2, 0) is 0 Å². The van der Waals surface area contributed by atoms with Gasteiger partial charge in [-0.3, -0.25) is 4.79 Å². The predicted molar refractivity (Wildman–Crippen MR) is 81.7 cm³/mol. The van der Waals surface area contributed by atoms with Crippen molar-refractivity contribution in [2.24, 2.45) is 0 Å². The van der Waals surface area contributed by atoms with E-state index in [0.717, 1.165) is 12.0 Å². The Hall–Kier alpha value is -2.14. The smallest absolute Gasteiger partial charge is 0.259 e. The van der Waals surface area contributed by atoms with E-state index >= 15 is 0 Å². The summed E-state index contributed by atoms with van der Waals surface area (Å²) >= 11 is 0. The van der Waals surface area contributed by atoms with Crippen molar-refractivity contribution in [2.75, 3.05) is 13.1 Å². The highest BCUT2D eigenvalue weighted by molar-refractivity contribution is 5.96. The Bertz CT molecular complexity index is 646. The fraction of sp³-hybridized carbons (Fsp3) is 0.412. The number of piperidine rings is 1. The number of aliphatic hydroxyl groups is 1. The molecular formula is C17H20N2O3. The van der Waals surface area contributed by atoms with Gasteiger partial charge in [-0.05, 0) is 25.8 Å². The average Bonchev–Trinajstić information content (AvgIpc) is 2.86. The Kier molecular flexibility index (Phi) is 3.98. The van der Waals surface area contributed by atoms with Crippen LogP contribution in [0.2, 0.25) is 0 Å². The summed E-state index contributed by atoms with van der Waals surface area (Å²) in [5.74, 6) is 0.499. The molecule has 1 aliphatic heterocycles. The number of likely N-dealkylation sites (tertiary alicyclic amines) is 1. The van der Waals surface area contributed by atoms with Gasteiger partial charge < -0.3 is 14.5 Å². The first-order valence-electron chi connectivity index (χ1n) is 7.53. The van der Waals surface area contributed by atoms with Crippen LogP contribution in [0.5, 0.6) is 0 Å². The molecule has 116 valence electrons. The number of β-amino-alcohol motifs (C(OH)–C–C–N with tert-alkyl or cyclic N) is 1. The first-order valence-corrected chi connectivity index (χ1v) is 7.53. The number of nitrogens with zero attached hydrogens (tertiary/aromatic N) is 2. The second kappa shape index (κ2) is 5.93. The van der Waals surface area contributed by atoms with Crippen molar-refractivity contribution in [2.45, 2.75) is 32.3 Å². The minimum absolute atomic E-state index is 0.0786. The molecule has 22 heavy (non-hydrogen) atoms. The van der Waals surface area contributed by atoms with Crippen LogP contribution in [0.15, 0.2) is 34.9 Å². The molecule has 0 bridgehead atoms. The number of rotatable bonds is 2. The molecule has 2 atom stereocenters. The number of aliphatic hydroxyl groups excluding tert-OH is 1. The van der Waals surface area contributed by atoms with E-state index in [1.54, 1.807) is 18.7 Å². The Morgan fingerprint density at radius 3 is 2.64 bits per heavy atom. The normalized spacial score (nSPS) is 21.9. The lowest BCUT2D eigenvalue weighted by Crippen LogP contribution is -2.46. The topological polar surface area (TPSA) is 66.6 Å². The van der Waals surface area contributed by atoms with Crippen LogP contribution in [0.1, 0.15) is 39.7 Å². The molecule has 3 rings (SSSR count). The van der Waals surface area contributed by atoms with Crippen LogP contribution in [-0.4, -0.2) is 40.3 Å². The Morgan fingerprint density at radius 1 is 1.32 bits per heavy atom. The predicted octanol–water partition coefficient (Wildman–Crippen LogP) is 2.28. The molecule has 2 aromatic rings. The molecule has 1 N–H and O–H groups in total. The molecule has 0 saturated carbocycles. The molecule has 2 heterocycles. The van der Waals surface area contributed by atoms with Crippen molar-refractivity contribution in [1.82, 2.24) is 10.1 Å². The first-order chi connectivity index (χ1) is 10.6. The zero-order valence-corrected chi connectivity index (χ0v) is 12.8. The summed E-state index contributed by atoms with van der Waals surface area (Å²) in [4.78, 5) is 14.3. The van der Waals surface area contributed by atoms with Gasteiger partial charge in [0.05, 0.1) is 11.8 Å². The number of carbonyl (C=O) groups is 1. The van der Waals surface area contributed by atoms with Gasteiger partial charge in [-0.15, -0.1) is 0 Å². The summed E-state index contributed by atoms with van der Waals surface area (Å²) in [6.45, 7) is 4.46. The summed E-state index contributed by atoms with van der Waals surface area (Å²) in [7, 11) is 0. The maximum atomic E-state index is 12.6. The number of amides is 1. The fourth-order valence-corrected chi connectivity index (χ4v) is 3.15. The molecule has 1 fully saturated rings. The molecule has 1 saturated heterocycles. The Labute approximate surface area is 129 Å². The van der Waals surface area contributed by atoms with Crippen molar-refractivity contribution >= 4 is 5.91 Å². The zero-order chi connectivity index (χ0) is 15.7. The average molecular weight is 300 g/mol. The molecular weight excluding hydrogens is 280 g/mol. The van der Waals surface area contributed by atoms with Gasteiger partial charge in [0.15, 0.2) is 0 Å². The van der Waals surface area contributed by atoms with E-state index in [1.807, 2.05) is 30.3 Å². The second-order valence-corrected chi connectivity index (χ2v) is 5.82. The van der Waals surface area contributed by atoms with E-state index in [2.05, 4.69) is 5.16 Å². The van der Waals surface area contributed by atoms with Gasteiger partial charge in [0.1, 0.15) is 11.3 Å². The minimum Gasteiger partial charge on any atom is -0.391 e. The Balaban J connectivity index is 1.74. The van der Waals surface area contributed by atoms with Gasteiger partial charge in [0.25, 0.3) is 5.91 Å². The first kappa shape index (κ1) is 14.8. The lowest BCUT2D eigenvalue weighted by molar-refractivity contribution is 0.0380. The number of hydrogen-bond donors (Lipinski definition) is 1. The third-order valence-electron chi connectivity index (χ3n) is 4.34. The summed E-state index contributed by atoms with van der Waals surface area (Å²) in [6, 6.07) is 9.97. The SMILES string of the molecule is Cc1noc(C)c1C(=O)N1CC[C@H](c2ccccc2)[C@H](O)C1. The molecule has 1 aliphatic rings. The number of carbonyl (C=O) groups excluding carboxylic acids is 1. The van der Waals surface area contributed by atoms with Crippen LogP contribution in [0.3, 0.4) is 0 Å². The van der Waals surface area contributed by atoms with Crippen molar-refractivity contribution in [1.29, 1.82) is 0 Å². The third-order valence-corrected chi connectivity index (χ3v) is 4.34. The number of benzene rings is 1. The van der Waals surface area contributed by atoms with Crippen molar-refractivity contribution in [3.63, 3.8) is 0 Å². The molecule has 0 spiro atoms. The fourth-order valence-electron chi connectivity index (χ4n) is 3.15. The monoisotopic (exact) mass is 300 g/mol. The van der Waals surface area contributed by atoms with Crippen LogP contribution >= 0.6 is 0 Å². The molecule has 1 aromatic carbocycles. The number of aryl methyl sites for hydroxylation is 2. The van der Waals surface area contributed by atoms with Crippen LogP contribution in [0, 0.1) is 13.8 Å². The van der Waals surface area contributed by atoms with E-state index in [1.165, 1.54) is 0 Å². The van der Waals surface area contributed by atoms with Gasteiger partial charge >= 0.3 is 0 Å². The molecule has 0 unspecified atom stereocenters. The second-order valence-electron chi connectivity index (χ2n) is 5.82. The van der Waals surface area contributed by atoms with Gasteiger partial charge in [-0.25, -0.2) is 0 Å². The van der Waals surface area contributed by atoms with Crippen molar-refractivity contribution in [3.05, 3.63) is 52.9 Å². The molecule has 5 nitrogen and oxygen atoms in total.